The van der Waals surface area contributed by atoms with E-state index < -0.39 is 29.9 Å². The molecular formula is C13H18N2O4. The van der Waals surface area contributed by atoms with E-state index in [1.165, 1.54) is 6.92 Å². The Morgan fingerprint density at radius 3 is 2.47 bits per heavy atom. The van der Waals surface area contributed by atoms with E-state index in [0.29, 0.717) is 5.56 Å². The summed E-state index contributed by atoms with van der Waals surface area (Å²) < 4.78 is 0. The third-order valence-electron chi connectivity index (χ3n) is 2.62. The number of aliphatic carboxylic acids is 1. The predicted molar refractivity (Wildman–Crippen MR) is 69.3 cm³/mol. The van der Waals surface area contributed by atoms with Crippen molar-refractivity contribution in [1.82, 2.24) is 5.32 Å². The highest BCUT2D eigenvalue weighted by Crippen LogP contribution is 2.11. The van der Waals surface area contributed by atoms with Gasteiger partial charge in [0.25, 0.3) is 0 Å². The van der Waals surface area contributed by atoms with Crippen molar-refractivity contribution in [3.8, 4) is 0 Å². The highest BCUT2D eigenvalue weighted by molar-refractivity contribution is 5.83. The zero-order valence-electron chi connectivity index (χ0n) is 10.7. The Kier molecular flexibility index (Phi) is 5.02. The summed E-state index contributed by atoms with van der Waals surface area (Å²) in [7, 11) is 0. The molecule has 0 aliphatic carbocycles. The lowest BCUT2D eigenvalue weighted by molar-refractivity contribution is -0.142. The summed E-state index contributed by atoms with van der Waals surface area (Å²) in [6, 6.07) is 7.94. The highest BCUT2D eigenvalue weighted by atomic mass is 16.4. The third kappa shape index (κ3) is 5.07. The van der Waals surface area contributed by atoms with Gasteiger partial charge in [0, 0.05) is 6.54 Å². The number of carbonyl (C=O) groups excluding carboxylic acids is 1. The largest absolute Gasteiger partial charge is 0.481 e. The van der Waals surface area contributed by atoms with Crippen LogP contribution in [0.4, 0.5) is 0 Å². The van der Waals surface area contributed by atoms with Crippen LogP contribution >= 0.6 is 0 Å². The lowest BCUT2D eigenvalue weighted by Crippen LogP contribution is -2.44. The normalized spacial score (nSPS) is 15.3. The van der Waals surface area contributed by atoms with Crippen molar-refractivity contribution in [3.05, 3.63) is 35.9 Å². The first-order valence-electron chi connectivity index (χ1n) is 5.84. The van der Waals surface area contributed by atoms with Crippen molar-refractivity contribution >= 4 is 11.9 Å². The Hall–Kier alpha value is -1.92. The Balaban J connectivity index is 2.54. The number of nitrogens with one attached hydrogen (secondary N) is 1. The number of nitrogens with two attached hydrogens (primary N) is 1. The van der Waals surface area contributed by atoms with Crippen molar-refractivity contribution in [1.29, 1.82) is 0 Å². The Bertz CT molecular complexity index is 445. The zero-order valence-corrected chi connectivity index (χ0v) is 10.7. The van der Waals surface area contributed by atoms with Gasteiger partial charge in [-0.25, -0.2) is 0 Å². The molecule has 1 unspecified atom stereocenters. The standard InChI is InChI=1S/C13H18N2O4/c1-13(19,7-10(16)17)8-15-12(18)11(14)9-5-3-2-4-6-9/h2-6,11,19H,7-8,14H2,1H3,(H,15,18)(H,16,17)/t11-,13?/m0/s1. The summed E-state index contributed by atoms with van der Waals surface area (Å²) in [5.41, 5.74) is 4.91. The van der Waals surface area contributed by atoms with Crippen LogP contribution in [0.3, 0.4) is 0 Å². The molecular weight excluding hydrogens is 248 g/mol. The molecule has 0 heterocycles. The maximum Gasteiger partial charge on any atom is 0.306 e. The summed E-state index contributed by atoms with van der Waals surface area (Å²) in [5.74, 6) is -1.59. The van der Waals surface area contributed by atoms with Crippen molar-refractivity contribution in [3.63, 3.8) is 0 Å². The summed E-state index contributed by atoms with van der Waals surface area (Å²) in [5, 5.41) is 20.8. The van der Waals surface area contributed by atoms with Gasteiger partial charge in [-0.1, -0.05) is 30.3 Å². The first-order chi connectivity index (χ1) is 8.82. The van der Waals surface area contributed by atoms with Crippen molar-refractivity contribution in [2.75, 3.05) is 6.54 Å². The van der Waals surface area contributed by atoms with Crippen LogP contribution in [0.25, 0.3) is 0 Å². The summed E-state index contributed by atoms with van der Waals surface area (Å²) >= 11 is 0. The molecule has 0 fully saturated rings. The minimum atomic E-state index is -1.50. The zero-order chi connectivity index (χ0) is 14.5. The number of carboxylic acids is 1. The third-order valence-corrected chi connectivity index (χ3v) is 2.62. The van der Waals surface area contributed by atoms with Crippen LogP contribution in [0.2, 0.25) is 0 Å². The molecule has 1 aromatic carbocycles. The molecule has 5 N–H and O–H groups in total. The van der Waals surface area contributed by atoms with Crippen molar-refractivity contribution in [2.45, 2.75) is 25.0 Å². The molecule has 0 spiro atoms. The van der Waals surface area contributed by atoms with E-state index in [0.717, 1.165) is 0 Å². The van der Waals surface area contributed by atoms with Crippen molar-refractivity contribution < 1.29 is 19.8 Å². The molecule has 1 aromatic rings. The minimum absolute atomic E-state index is 0.168. The minimum Gasteiger partial charge on any atom is -0.481 e. The maximum atomic E-state index is 11.8. The first-order valence-corrected chi connectivity index (χ1v) is 5.84. The second kappa shape index (κ2) is 6.31. The van der Waals surface area contributed by atoms with Crippen LogP contribution in [0.5, 0.6) is 0 Å². The number of hydrogen-bond donors (Lipinski definition) is 4. The molecule has 1 amide bonds. The van der Waals surface area contributed by atoms with Gasteiger partial charge in [-0.05, 0) is 12.5 Å². The Morgan fingerprint density at radius 1 is 1.37 bits per heavy atom. The van der Waals surface area contributed by atoms with Crippen molar-refractivity contribution in [2.24, 2.45) is 5.73 Å². The van der Waals surface area contributed by atoms with Crippen LogP contribution in [0.15, 0.2) is 30.3 Å². The molecule has 6 nitrogen and oxygen atoms in total. The maximum absolute atomic E-state index is 11.8. The molecule has 104 valence electrons. The number of rotatable bonds is 6. The summed E-state index contributed by atoms with van der Waals surface area (Å²) in [6.07, 6.45) is -0.451. The average molecular weight is 266 g/mol. The Labute approximate surface area is 111 Å². The fourth-order valence-electron chi connectivity index (χ4n) is 1.59. The van der Waals surface area contributed by atoms with Crippen LogP contribution in [-0.2, 0) is 9.59 Å². The van der Waals surface area contributed by atoms with Gasteiger partial charge in [-0.2, -0.15) is 0 Å². The van der Waals surface area contributed by atoms with E-state index in [4.69, 9.17) is 10.8 Å². The second-order valence-electron chi connectivity index (χ2n) is 4.67. The molecule has 0 bridgehead atoms. The summed E-state index contributed by atoms with van der Waals surface area (Å²) in [4.78, 5) is 22.3. The number of carboxylic acid groups (broad SMARTS) is 1. The lowest BCUT2D eigenvalue weighted by Gasteiger charge is -2.22. The fourth-order valence-corrected chi connectivity index (χ4v) is 1.59. The van der Waals surface area contributed by atoms with Crippen LogP contribution < -0.4 is 11.1 Å². The second-order valence-corrected chi connectivity index (χ2v) is 4.67. The molecule has 0 aliphatic rings. The average Bonchev–Trinajstić information content (AvgIpc) is 2.34. The monoisotopic (exact) mass is 266 g/mol. The number of hydrogen-bond acceptors (Lipinski definition) is 4. The van der Waals surface area contributed by atoms with Crippen LogP contribution in [0, 0.1) is 0 Å². The van der Waals surface area contributed by atoms with Crippen LogP contribution in [-0.4, -0.2) is 34.2 Å². The van der Waals surface area contributed by atoms with Gasteiger partial charge in [0.15, 0.2) is 0 Å². The first kappa shape index (κ1) is 15.1. The highest BCUT2D eigenvalue weighted by Gasteiger charge is 2.26. The van der Waals surface area contributed by atoms with Gasteiger partial charge >= 0.3 is 5.97 Å². The van der Waals surface area contributed by atoms with Gasteiger partial charge in [0.2, 0.25) is 5.91 Å². The van der Waals surface area contributed by atoms with E-state index in [1.54, 1.807) is 24.3 Å². The number of carbonyl (C=O) groups is 2. The van der Waals surface area contributed by atoms with Crippen LogP contribution in [0.1, 0.15) is 24.9 Å². The molecule has 2 atom stereocenters. The fraction of sp³-hybridized carbons (Fsp3) is 0.385. The SMILES string of the molecule is CC(O)(CNC(=O)[C@@H](N)c1ccccc1)CC(=O)O. The van der Waals surface area contributed by atoms with Gasteiger partial charge in [0.1, 0.15) is 6.04 Å². The molecule has 0 radical (unpaired) electrons. The van der Waals surface area contributed by atoms with Gasteiger partial charge in [-0.3, -0.25) is 9.59 Å². The summed E-state index contributed by atoms with van der Waals surface area (Å²) in [6.45, 7) is 1.17. The van der Waals surface area contributed by atoms with E-state index >= 15 is 0 Å². The number of benzene rings is 1. The molecule has 1 rings (SSSR count). The molecule has 0 saturated heterocycles. The van der Waals surface area contributed by atoms with E-state index in [2.05, 4.69) is 5.32 Å². The topological polar surface area (TPSA) is 113 Å². The smallest absolute Gasteiger partial charge is 0.306 e. The lowest BCUT2D eigenvalue weighted by atomic mass is 10.0. The van der Waals surface area contributed by atoms with Gasteiger partial charge in [0.05, 0.1) is 12.0 Å². The quantitative estimate of drug-likeness (QED) is 0.580. The van der Waals surface area contributed by atoms with E-state index in [9.17, 15) is 14.7 Å². The molecule has 0 saturated carbocycles. The van der Waals surface area contributed by atoms with E-state index in [-0.39, 0.29) is 6.54 Å². The van der Waals surface area contributed by atoms with Gasteiger partial charge < -0.3 is 21.3 Å². The molecule has 19 heavy (non-hydrogen) atoms. The molecule has 6 heteroatoms. The predicted octanol–water partition coefficient (Wildman–Crippen LogP) is 0.0283. The molecule has 0 aromatic heterocycles. The number of aliphatic hydroxyl groups is 1. The molecule has 0 aliphatic heterocycles. The Morgan fingerprint density at radius 2 is 1.95 bits per heavy atom. The van der Waals surface area contributed by atoms with Gasteiger partial charge in [-0.15, -0.1) is 0 Å². The number of amides is 1. The van der Waals surface area contributed by atoms with E-state index in [1.807, 2.05) is 6.07 Å².